The second-order valence-electron chi connectivity index (χ2n) is 5.23. The predicted octanol–water partition coefficient (Wildman–Crippen LogP) is 3.23. The van der Waals surface area contributed by atoms with Gasteiger partial charge >= 0.3 is 5.97 Å². The minimum atomic E-state index is -0.849. The van der Waals surface area contributed by atoms with Gasteiger partial charge in [-0.1, -0.05) is 11.6 Å². The van der Waals surface area contributed by atoms with Gasteiger partial charge in [0.15, 0.2) is 0 Å². The van der Waals surface area contributed by atoms with Crippen molar-refractivity contribution in [2.45, 2.75) is 38.6 Å². The van der Waals surface area contributed by atoms with Crippen molar-refractivity contribution >= 4 is 27.8 Å². The highest BCUT2D eigenvalue weighted by molar-refractivity contribution is 9.10. The summed E-state index contributed by atoms with van der Waals surface area (Å²) < 4.78 is 0.757. The highest BCUT2D eigenvalue weighted by Gasteiger charge is 2.29. The smallest absolute Gasteiger partial charge is 0.305 e. The lowest BCUT2D eigenvalue weighted by Gasteiger charge is -2.35. The number of halogens is 1. The number of aryl methyl sites for hydroxylation is 1. The summed E-state index contributed by atoms with van der Waals surface area (Å²) in [4.78, 5) is 25.3. The van der Waals surface area contributed by atoms with Gasteiger partial charge in [-0.2, -0.15) is 0 Å². The molecule has 1 aromatic rings. The van der Waals surface area contributed by atoms with Crippen molar-refractivity contribution in [3.63, 3.8) is 0 Å². The average molecular weight is 340 g/mol. The molecule has 0 spiro atoms. The van der Waals surface area contributed by atoms with Crippen LogP contribution in [0.3, 0.4) is 0 Å². The lowest BCUT2D eigenvalue weighted by molar-refractivity contribution is -0.138. The number of carboxylic acids is 1. The number of carbonyl (C=O) groups is 2. The fraction of sp³-hybridized carbons (Fsp3) is 0.467. The molecule has 20 heavy (non-hydrogen) atoms. The van der Waals surface area contributed by atoms with Gasteiger partial charge in [-0.05, 0) is 54.2 Å². The highest BCUT2D eigenvalue weighted by Crippen LogP contribution is 2.25. The molecule has 0 bridgehead atoms. The van der Waals surface area contributed by atoms with E-state index in [4.69, 9.17) is 5.11 Å². The first-order valence-corrected chi connectivity index (χ1v) is 7.57. The summed E-state index contributed by atoms with van der Waals surface area (Å²) in [7, 11) is 0. The van der Waals surface area contributed by atoms with Crippen LogP contribution in [0.25, 0.3) is 0 Å². The molecule has 1 aromatic carbocycles. The number of carboxylic acid groups (broad SMARTS) is 1. The van der Waals surface area contributed by atoms with Crippen LogP contribution in [0.1, 0.15) is 41.6 Å². The molecule has 4 nitrogen and oxygen atoms in total. The Morgan fingerprint density at radius 3 is 2.85 bits per heavy atom. The summed E-state index contributed by atoms with van der Waals surface area (Å²) in [6.45, 7) is 2.57. The molecule has 2 rings (SSSR count). The van der Waals surface area contributed by atoms with Gasteiger partial charge in [-0.3, -0.25) is 9.59 Å². The minimum Gasteiger partial charge on any atom is -0.481 e. The molecule has 0 saturated carbocycles. The molecule has 5 heteroatoms. The van der Waals surface area contributed by atoms with E-state index in [-0.39, 0.29) is 18.4 Å². The molecule has 1 atom stereocenters. The molecule has 1 aliphatic rings. The van der Waals surface area contributed by atoms with Crippen LogP contribution in [0, 0.1) is 6.92 Å². The zero-order valence-corrected chi connectivity index (χ0v) is 13.0. The standard InChI is InChI=1S/C15H18BrNO3/c1-10-5-6-13(16)12(8-10)15(20)17-7-3-2-4-11(17)9-14(18)19/h5-6,8,11H,2-4,7,9H2,1H3,(H,18,19). The van der Waals surface area contributed by atoms with Gasteiger partial charge in [0.2, 0.25) is 0 Å². The van der Waals surface area contributed by atoms with Gasteiger partial charge in [0.25, 0.3) is 5.91 Å². The zero-order valence-electron chi connectivity index (χ0n) is 11.4. The van der Waals surface area contributed by atoms with E-state index in [1.165, 1.54) is 0 Å². The molecular formula is C15H18BrNO3. The number of hydrogen-bond acceptors (Lipinski definition) is 2. The van der Waals surface area contributed by atoms with Crippen molar-refractivity contribution in [3.05, 3.63) is 33.8 Å². The Kier molecular flexibility index (Phi) is 4.81. The number of hydrogen-bond donors (Lipinski definition) is 1. The summed E-state index contributed by atoms with van der Waals surface area (Å²) in [5.74, 6) is -0.926. The molecule has 1 N–H and O–H groups in total. The fourth-order valence-electron chi connectivity index (χ4n) is 2.64. The molecule has 1 unspecified atom stereocenters. The number of benzene rings is 1. The van der Waals surface area contributed by atoms with Crippen LogP contribution in [0.5, 0.6) is 0 Å². The SMILES string of the molecule is Cc1ccc(Br)c(C(=O)N2CCCCC2CC(=O)O)c1. The number of aliphatic carboxylic acids is 1. The van der Waals surface area contributed by atoms with Crippen LogP contribution >= 0.6 is 15.9 Å². The van der Waals surface area contributed by atoms with E-state index < -0.39 is 5.97 Å². The van der Waals surface area contributed by atoms with Crippen LogP contribution < -0.4 is 0 Å². The number of piperidine rings is 1. The molecule has 1 amide bonds. The topological polar surface area (TPSA) is 57.6 Å². The summed E-state index contributed by atoms with van der Waals surface area (Å²) in [5.41, 5.74) is 1.63. The molecular weight excluding hydrogens is 322 g/mol. The van der Waals surface area contributed by atoms with Gasteiger partial charge < -0.3 is 10.0 Å². The first kappa shape index (κ1) is 15.0. The summed E-state index contributed by atoms with van der Waals surface area (Å²) in [5, 5.41) is 8.99. The third kappa shape index (κ3) is 3.39. The Morgan fingerprint density at radius 2 is 2.15 bits per heavy atom. The second kappa shape index (κ2) is 6.39. The van der Waals surface area contributed by atoms with Gasteiger partial charge in [0.05, 0.1) is 12.0 Å². The Balaban J connectivity index is 2.25. The Labute approximate surface area is 126 Å². The molecule has 1 heterocycles. The van der Waals surface area contributed by atoms with Gasteiger partial charge in [-0.25, -0.2) is 0 Å². The molecule has 0 radical (unpaired) electrons. The third-order valence-electron chi connectivity index (χ3n) is 3.65. The largest absolute Gasteiger partial charge is 0.481 e. The predicted molar refractivity (Wildman–Crippen MR) is 79.8 cm³/mol. The lowest BCUT2D eigenvalue weighted by atomic mass is 9.98. The Hall–Kier alpha value is -1.36. The lowest BCUT2D eigenvalue weighted by Crippen LogP contribution is -2.44. The highest BCUT2D eigenvalue weighted by atomic mass is 79.9. The summed E-state index contributed by atoms with van der Waals surface area (Å²) in [6, 6.07) is 5.45. The molecule has 108 valence electrons. The van der Waals surface area contributed by atoms with Crippen LogP contribution in [0.4, 0.5) is 0 Å². The zero-order chi connectivity index (χ0) is 14.7. The van der Waals surface area contributed by atoms with Gasteiger partial charge in [-0.15, -0.1) is 0 Å². The van der Waals surface area contributed by atoms with Crippen LogP contribution in [-0.2, 0) is 4.79 Å². The minimum absolute atomic E-state index is 0.0230. The maximum atomic E-state index is 12.7. The molecule has 1 fully saturated rings. The first-order chi connectivity index (χ1) is 9.49. The summed E-state index contributed by atoms with van der Waals surface area (Å²) >= 11 is 3.40. The summed E-state index contributed by atoms with van der Waals surface area (Å²) in [6.07, 6.45) is 2.71. The van der Waals surface area contributed by atoms with Crippen molar-refractivity contribution in [2.24, 2.45) is 0 Å². The van der Waals surface area contributed by atoms with Crippen molar-refractivity contribution in [3.8, 4) is 0 Å². The van der Waals surface area contributed by atoms with Crippen molar-refractivity contribution in [1.82, 2.24) is 4.90 Å². The molecule has 0 aliphatic carbocycles. The van der Waals surface area contributed by atoms with Crippen LogP contribution in [-0.4, -0.2) is 34.5 Å². The third-order valence-corrected chi connectivity index (χ3v) is 4.34. The fourth-order valence-corrected chi connectivity index (χ4v) is 3.06. The van der Waals surface area contributed by atoms with Crippen molar-refractivity contribution in [1.29, 1.82) is 0 Å². The molecule has 1 aliphatic heterocycles. The van der Waals surface area contributed by atoms with E-state index in [2.05, 4.69) is 15.9 Å². The number of nitrogens with zero attached hydrogens (tertiary/aromatic N) is 1. The quantitative estimate of drug-likeness (QED) is 0.919. The van der Waals surface area contributed by atoms with Crippen molar-refractivity contribution in [2.75, 3.05) is 6.54 Å². The average Bonchev–Trinajstić information content (AvgIpc) is 2.41. The maximum Gasteiger partial charge on any atom is 0.305 e. The van der Waals surface area contributed by atoms with Crippen LogP contribution in [0.15, 0.2) is 22.7 Å². The van der Waals surface area contributed by atoms with E-state index in [0.717, 1.165) is 29.3 Å². The first-order valence-electron chi connectivity index (χ1n) is 6.78. The maximum absolute atomic E-state index is 12.7. The second-order valence-corrected chi connectivity index (χ2v) is 6.08. The van der Waals surface area contributed by atoms with E-state index in [0.29, 0.717) is 12.1 Å². The monoisotopic (exact) mass is 339 g/mol. The number of rotatable bonds is 3. The number of carbonyl (C=O) groups excluding carboxylic acids is 1. The number of amides is 1. The molecule has 1 saturated heterocycles. The van der Waals surface area contributed by atoms with E-state index in [9.17, 15) is 9.59 Å². The van der Waals surface area contributed by atoms with Crippen molar-refractivity contribution < 1.29 is 14.7 Å². The van der Waals surface area contributed by atoms with Crippen LogP contribution in [0.2, 0.25) is 0 Å². The Bertz CT molecular complexity index is 530. The van der Waals surface area contributed by atoms with E-state index in [1.54, 1.807) is 4.90 Å². The number of likely N-dealkylation sites (tertiary alicyclic amines) is 1. The molecule has 0 aromatic heterocycles. The Morgan fingerprint density at radius 1 is 1.40 bits per heavy atom. The van der Waals surface area contributed by atoms with E-state index in [1.807, 2.05) is 25.1 Å². The normalized spacial score (nSPS) is 18.9. The van der Waals surface area contributed by atoms with Gasteiger partial charge in [0, 0.05) is 17.1 Å². The van der Waals surface area contributed by atoms with E-state index >= 15 is 0 Å². The van der Waals surface area contributed by atoms with Gasteiger partial charge in [0.1, 0.15) is 0 Å².